The van der Waals surface area contributed by atoms with Crippen molar-refractivity contribution in [3.05, 3.63) is 54.2 Å². The van der Waals surface area contributed by atoms with Gasteiger partial charge in [-0.15, -0.1) is 0 Å². The van der Waals surface area contributed by atoms with Gasteiger partial charge in [0, 0.05) is 12.0 Å². The fourth-order valence-electron chi connectivity index (χ4n) is 3.37. The molecule has 1 aromatic carbocycles. The Morgan fingerprint density at radius 3 is 2.86 bits per heavy atom. The van der Waals surface area contributed by atoms with Crippen LogP contribution in [0, 0.1) is 5.92 Å². The first kappa shape index (κ1) is 13.6. The number of nitrogens with one attached hydrogen (secondary N) is 1. The van der Waals surface area contributed by atoms with Crippen molar-refractivity contribution in [2.45, 2.75) is 25.8 Å². The zero-order chi connectivity index (χ0) is 14.8. The lowest BCUT2D eigenvalue weighted by Gasteiger charge is -2.22. The highest BCUT2D eigenvalue weighted by Crippen LogP contribution is 2.23. The maximum Gasteiger partial charge on any atom is 0.110 e. The van der Waals surface area contributed by atoms with Crippen molar-refractivity contribution in [1.82, 2.24) is 14.9 Å². The van der Waals surface area contributed by atoms with Gasteiger partial charge in [0.1, 0.15) is 5.82 Å². The number of rotatable bonds is 4. The molecule has 3 aromatic rings. The summed E-state index contributed by atoms with van der Waals surface area (Å²) in [6.07, 6.45) is 7.11. The van der Waals surface area contributed by atoms with Gasteiger partial charge in [0.25, 0.3) is 0 Å². The Morgan fingerprint density at radius 1 is 1.18 bits per heavy atom. The summed E-state index contributed by atoms with van der Waals surface area (Å²) in [7, 11) is 0. The Morgan fingerprint density at radius 2 is 2.05 bits per heavy atom. The minimum Gasteiger partial charge on any atom is -0.472 e. The molecule has 0 amide bonds. The predicted molar refractivity (Wildman–Crippen MR) is 86.8 cm³/mol. The summed E-state index contributed by atoms with van der Waals surface area (Å²) < 4.78 is 7.57. The number of hydrogen-bond donors (Lipinski definition) is 1. The second kappa shape index (κ2) is 5.97. The molecule has 4 rings (SSSR count). The molecule has 4 heteroatoms. The molecule has 1 aliphatic rings. The van der Waals surface area contributed by atoms with Gasteiger partial charge in [-0.2, -0.15) is 0 Å². The lowest BCUT2D eigenvalue weighted by atomic mass is 9.94. The molecular formula is C18H21N3O. The highest BCUT2D eigenvalue weighted by atomic mass is 16.3. The van der Waals surface area contributed by atoms with Crippen LogP contribution in [-0.2, 0) is 13.0 Å². The molecular weight excluding hydrogens is 274 g/mol. The first-order valence-corrected chi connectivity index (χ1v) is 8.06. The molecule has 1 aliphatic heterocycles. The smallest absolute Gasteiger partial charge is 0.110 e. The molecule has 0 unspecified atom stereocenters. The molecule has 0 radical (unpaired) electrons. The molecule has 0 atom stereocenters. The number of para-hydroxylation sites is 2. The van der Waals surface area contributed by atoms with Crippen LogP contribution in [0.25, 0.3) is 11.0 Å². The van der Waals surface area contributed by atoms with E-state index in [0.29, 0.717) is 0 Å². The van der Waals surface area contributed by atoms with E-state index in [1.807, 2.05) is 12.3 Å². The van der Waals surface area contributed by atoms with Crippen molar-refractivity contribution in [2.75, 3.05) is 13.1 Å². The zero-order valence-corrected chi connectivity index (χ0v) is 12.7. The summed E-state index contributed by atoms with van der Waals surface area (Å²) in [4.78, 5) is 4.90. The van der Waals surface area contributed by atoms with Gasteiger partial charge in [-0.25, -0.2) is 4.98 Å². The van der Waals surface area contributed by atoms with Gasteiger partial charge in [0.05, 0.1) is 30.1 Å². The first-order valence-electron chi connectivity index (χ1n) is 8.06. The van der Waals surface area contributed by atoms with E-state index in [-0.39, 0.29) is 0 Å². The van der Waals surface area contributed by atoms with Crippen LogP contribution < -0.4 is 5.32 Å². The lowest BCUT2D eigenvalue weighted by Crippen LogP contribution is -2.29. The van der Waals surface area contributed by atoms with Crippen molar-refractivity contribution in [3.63, 3.8) is 0 Å². The van der Waals surface area contributed by atoms with Gasteiger partial charge in [-0.1, -0.05) is 12.1 Å². The number of hydrogen-bond acceptors (Lipinski definition) is 3. The van der Waals surface area contributed by atoms with E-state index in [1.165, 1.54) is 29.7 Å². The second-order valence-corrected chi connectivity index (χ2v) is 6.13. The number of fused-ring (bicyclic) bond motifs is 1. The lowest BCUT2D eigenvalue weighted by molar-refractivity contribution is 0.364. The highest BCUT2D eigenvalue weighted by Gasteiger charge is 2.18. The highest BCUT2D eigenvalue weighted by molar-refractivity contribution is 5.76. The quantitative estimate of drug-likeness (QED) is 0.803. The van der Waals surface area contributed by atoms with Gasteiger partial charge < -0.3 is 14.3 Å². The van der Waals surface area contributed by atoms with Gasteiger partial charge in [-0.05, 0) is 50.0 Å². The van der Waals surface area contributed by atoms with Crippen molar-refractivity contribution in [3.8, 4) is 0 Å². The van der Waals surface area contributed by atoms with Crippen LogP contribution in [0.1, 0.15) is 24.2 Å². The summed E-state index contributed by atoms with van der Waals surface area (Å²) in [5.41, 5.74) is 3.50. The van der Waals surface area contributed by atoms with E-state index in [4.69, 9.17) is 9.40 Å². The van der Waals surface area contributed by atoms with E-state index in [2.05, 4.69) is 34.1 Å². The van der Waals surface area contributed by atoms with Crippen LogP contribution in [0.4, 0.5) is 0 Å². The molecule has 2 aromatic heterocycles. The topological polar surface area (TPSA) is 43.0 Å². The fraction of sp³-hybridized carbons (Fsp3) is 0.389. The Balaban J connectivity index is 1.69. The monoisotopic (exact) mass is 295 g/mol. The molecule has 0 aliphatic carbocycles. The van der Waals surface area contributed by atoms with E-state index in [1.54, 1.807) is 6.26 Å². The summed E-state index contributed by atoms with van der Waals surface area (Å²) in [5, 5.41) is 3.44. The zero-order valence-electron chi connectivity index (χ0n) is 12.7. The first-order chi connectivity index (χ1) is 10.9. The average molecular weight is 295 g/mol. The largest absolute Gasteiger partial charge is 0.472 e. The fourth-order valence-corrected chi connectivity index (χ4v) is 3.37. The second-order valence-electron chi connectivity index (χ2n) is 6.13. The Hall–Kier alpha value is -2.07. The van der Waals surface area contributed by atoms with Crippen molar-refractivity contribution < 1.29 is 4.42 Å². The van der Waals surface area contributed by atoms with Crippen molar-refractivity contribution in [1.29, 1.82) is 0 Å². The molecule has 3 heterocycles. The van der Waals surface area contributed by atoms with Crippen LogP contribution in [0.2, 0.25) is 0 Å². The summed E-state index contributed by atoms with van der Waals surface area (Å²) in [5.74, 6) is 1.94. The van der Waals surface area contributed by atoms with Gasteiger partial charge in [0.2, 0.25) is 0 Å². The van der Waals surface area contributed by atoms with Gasteiger partial charge >= 0.3 is 0 Å². The van der Waals surface area contributed by atoms with Crippen LogP contribution in [0.5, 0.6) is 0 Å². The van der Waals surface area contributed by atoms with Crippen molar-refractivity contribution in [2.24, 2.45) is 5.92 Å². The van der Waals surface area contributed by atoms with E-state index in [9.17, 15) is 0 Å². The molecule has 0 spiro atoms. The molecule has 1 saturated heterocycles. The van der Waals surface area contributed by atoms with Crippen LogP contribution in [-0.4, -0.2) is 22.6 Å². The summed E-state index contributed by atoms with van der Waals surface area (Å²) in [6.45, 7) is 3.09. The molecule has 4 nitrogen and oxygen atoms in total. The van der Waals surface area contributed by atoms with E-state index >= 15 is 0 Å². The van der Waals surface area contributed by atoms with Crippen LogP contribution in [0.15, 0.2) is 47.3 Å². The standard InChI is InChI=1S/C18H21N3O/c1-2-4-17-16(3-1)20-18(11-14-5-8-19-9-6-14)21(17)12-15-7-10-22-13-15/h1-4,7,10,13-14,19H,5-6,8-9,11-12H2. The molecule has 22 heavy (non-hydrogen) atoms. The van der Waals surface area contributed by atoms with Crippen LogP contribution >= 0.6 is 0 Å². The SMILES string of the molecule is c1ccc2c(c1)nc(CC1CCNCC1)n2Cc1ccoc1. The normalized spacial score (nSPS) is 16.4. The third kappa shape index (κ3) is 2.66. The van der Waals surface area contributed by atoms with Crippen LogP contribution in [0.3, 0.4) is 0 Å². The Labute approximate surface area is 130 Å². The Kier molecular flexibility index (Phi) is 3.69. The number of imidazole rings is 1. The minimum atomic E-state index is 0.737. The maximum atomic E-state index is 5.22. The van der Waals surface area contributed by atoms with Gasteiger partial charge in [-0.3, -0.25) is 0 Å². The third-order valence-electron chi connectivity index (χ3n) is 4.58. The predicted octanol–water partition coefficient (Wildman–Crippen LogP) is 3.22. The number of piperidine rings is 1. The van der Waals surface area contributed by atoms with E-state index in [0.717, 1.165) is 37.5 Å². The molecule has 1 fully saturated rings. The van der Waals surface area contributed by atoms with E-state index < -0.39 is 0 Å². The molecule has 0 saturated carbocycles. The summed E-state index contributed by atoms with van der Waals surface area (Å²) >= 11 is 0. The molecule has 1 N–H and O–H groups in total. The summed E-state index contributed by atoms with van der Waals surface area (Å²) in [6, 6.07) is 10.4. The van der Waals surface area contributed by atoms with Crippen molar-refractivity contribution >= 4 is 11.0 Å². The van der Waals surface area contributed by atoms with Gasteiger partial charge in [0.15, 0.2) is 0 Å². The third-order valence-corrected chi connectivity index (χ3v) is 4.58. The molecule has 0 bridgehead atoms. The maximum absolute atomic E-state index is 5.22. The number of nitrogens with zero attached hydrogens (tertiary/aromatic N) is 2. The molecule has 114 valence electrons. The number of furan rings is 1. The number of aromatic nitrogens is 2. The number of benzene rings is 1. The minimum absolute atomic E-state index is 0.737. The Bertz CT molecular complexity index is 739. The average Bonchev–Trinajstić information content (AvgIpc) is 3.18.